The van der Waals surface area contributed by atoms with E-state index in [1.807, 2.05) is 18.2 Å². The maximum Gasteiger partial charge on any atom is 0.303 e. The van der Waals surface area contributed by atoms with Crippen LogP contribution >= 0.6 is 0 Å². The first-order chi connectivity index (χ1) is 16.1. The van der Waals surface area contributed by atoms with Gasteiger partial charge in [-0.2, -0.15) is 12.7 Å². The molecule has 1 fully saturated rings. The molecule has 10 heteroatoms. The summed E-state index contributed by atoms with van der Waals surface area (Å²) in [6, 6.07) is 5.72. The lowest BCUT2D eigenvalue weighted by molar-refractivity contribution is 0.0611. The monoisotopic (exact) mass is 496 g/mol. The second-order valence-electron chi connectivity index (χ2n) is 9.88. The molecule has 0 saturated carbocycles. The standard InChI is InChI=1S/C24H40N4O5S/c1-24(2,3)23-25-21-17-20(7-8-22(21)28(23)18-19-9-13-33-14-10-19)26(4)34(29,30)27(11-15-31-5)12-16-32-6/h7-8,17,19H,9-16,18H2,1-6H3. The van der Waals surface area contributed by atoms with Crippen molar-refractivity contribution in [3.05, 3.63) is 24.0 Å². The lowest BCUT2D eigenvalue weighted by Crippen LogP contribution is -2.45. The van der Waals surface area contributed by atoms with E-state index in [0.717, 1.165) is 49.5 Å². The van der Waals surface area contributed by atoms with Crippen molar-refractivity contribution in [1.29, 1.82) is 0 Å². The zero-order chi connectivity index (χ0) is 24.9. The molecule has 0 spiro atoms. The lowest BCUT2D eigenvalue weighted by Gasteiger charge is -2.28. The minimum Gasteiger partial charge on any atom is -0.383 e. The molecule has 2 heterocycles. The highest BCUT2D eigenvalue weighted by atomic mass is 32.2. The molecular formula is C24H40N4O5S. The van der Waals surface area contributed by atoms with Crippen LogP contribution in [0.15, 0.2) is 18.2 Å². The number of aromatic nitrogens is 2. The van der Waals surface area contributed by atoms with Crippen molar-refractivity contribution in [2.24, 2.45) is 5.92 Å². The minimum absolute atomic E-state index is 0.139. The van der Waals surface area contributed by atoms with Gasteiger partial charge in [-0.25, -0.2) is 4.98 Å². The molecule has 1 aliphatic rings. The topological polar surface area (TPSA) is 86.1 Å². The van der Waals surface area contributed by atoms with Crippen molar-refractivity contribution in [3.8, 4) is 0 Å². The van der Waals surface area contributed by atoms with Crippen LogP contribution in [0.5, 0.6) is 0 Å². The van der Waals surface area contributed by atoms with Crippen LogP contribution in [-0.4, -0.2) is 83.1 Å². The number of benzene rings is 1. The first-order valence-electron chi connectivity index (χ1n) is 11.9. The van der Waals surface area contributed by atoms with Crippen LogP contribution < -0.4 is 4.31 Å². The highest BCUT2D eigenvalue weighted by Gasteiger charge is 2.29. The smallest absolute Gasteiger partial charge is 0.303 e. The zero-order valence-electron chi connectivity index (χ0n) is 21.4. The van der Waals surface area contributed by atoms with E-state index in [2.05, 4.69) is 25.3 Å². The van der Waals surface area contributed by atoms with E-state index in [0.29, 0.717) is 24.8 Å². The van der Waals surface area contributed by atoms with Crippen LogP contribution in [0.4, 0.5) is 5.69 Å². The third-order valence-electron chi connectivity index (χ3n) is 6.31. The van der Waals surface area contributed by atoms with Gasteiger partial charge in [-0.3, -0.25) is 4.31 Å². The van der Waals surface area contributed by atoms with E-state index in [4.69, 9.17) is 19.2 Å². The minimum atomic E-state index is -3.76. The molecule has 0 bridgehead atoms. The van der Waals surface area contributed by atoms with Crippen LogP contribution in [0.25, 0.3) is 11.0 Å². The van der Waals surface area contributed by atoms with Gasteiger partial charge in [-0.15, -0.1) is 0 Å². The molecule has 0 unspecified atom stereocenters. The van der Waals surface area contributed by atoms with E-state index >= 15 is 0 Å². The summed E-state index contributed by atoms with van der Waals surface area (Å²) >= 11 is 0. The molecule has 3 rings (SSSR count). The Kier molecular flexibility index (Phi) is 8.97. The summed E-state index contributed by atoms with van der Waals surface area (Å²) in [5.74, 6) is 1.56. The number of fused-ring (bicyclic) bond motifs is 1. The molecule has 1 saturated heterocycles. The van der Waals surface area contributed by atoms with E-state index in [1.165, 1.54) is 8.61 Å². The average molecular weight is 497 g/mol. The van der Waals surface area contributed by atoms with Crippen molar-refractivity contribution < 1.29 is 22.6 Å². The summed E-state index contributed by atoms with van der Waals surface area (Å²) in [6.07, 6.45) is 2.09. The molecule has 192 valence electrons. The fourth-order valence-corrected chi connectivity index (χ4v) is 5.63. The third-order valence-corrected chi connectivity index (χ3v) is 8.23. The zero-order valence-corrected chi connectivity index (χ0v) is 22.2. The maximum atomic E-state index is 13.4. The highest BCUT2D eigenvalue weighted by Crippen LogP contribution is 2.31. The fourth-order valence-electron chi connectivity index (χ4n) is 4.29. The fraction of sp³-hybridized carbons (Fsp3) is 0.708. The summed E-state index contributed by atoms with van der Waals surface area (Å²) < 4.78 is 47.5. The predicted molar refractivity (Wildman–Crippen MR) is 135 cm³/mol. The molecule has 0 N–H and O–H groups in total. The SMILES string of the molecule is COCCN(CCOC)S(=O)(=O)N(C)c1ccc2c(c1)nc(C(C)(C)C)n2CC1CCOCC1. The molecule has 34 heavy (non-hydrogen) atoms. The van der Waals surface area contributed by atoms with Crippen LogP contribution in [0, 0.1) is 5.92 Å². The van der Waals surface area contributed by atoms with Crippen LogP contribution in [-0.2, 0) is 36.4 Å². The second-order valence-corrected chi connectivity index (χ2v) is 11.8. The number of methoxy groups -OCH3 is 2. The number of hydrogen-bond donors (Lipinski definition) is 0. The molecule has 1 aromatic heterocycles. The lowest BCUT2D eigenvalue weighted by atomic mass is 9.94. The van der Waals surface area contributed by atoms with E-state index in [1.54, 1.807) is 21.3 Å². The Morgan fingerprint density at radius 1 is 1.12 bits per heavy atom. The number of nitrogens with zero attached hydrogens (tertiary/aromatic N) is 4. The second kappa shape index (κ2) is 11.3. The molecule has 0 aliphatic carbocycles. The van der Waals surface area contributed by atoms with Crippen LogP contribution in [0.1, 0.15) is 39.4 Å². The molecular weight excluding hydrogens is 456 g/mol. The van der Waals surface area contributed by atoms with Crippen LogP contribution in [0.3, 0.4) is 0 Å². The van der Waals surface area contributed by atoms with Gasteiger partial charge in [0.2, 0.25) is 0 Å². The molecule has 0 atom stereocenters. The van der Waals surface area contributed by atoms with Gasteiger partial charge in [-0.05, 0) is 37.0 Å². The number of imidazole rings is 1. The van der Waals surface area contributed by atoms with Crippen molar-refractivity contribution in [2.45, 2.75) is 45.6 Å². The van der Waals surface area contributed by atoms with Crippen molar-refractivity contribution >= 4 is 26.9 Å². The Hall–Kier alpha value is -1.72. The van der Waals surface area contributed by atoms with Gasteiger partial charge in [-0.1, -0.05) is 20.8 Å². The quantitative estimate of drug-likeness (QED) is 0.475. The van der Waals surface area contributed by atoms with Gasteiger partial charge in [0.15, 0.2) is 0 Å². The summed E-state index contributed by atoms with van der Waals surface area (Å²) in [6.45, 7) is 10.1. The summed E-state index contributed by atoms with van der Waals surface area (Å²) in [4.78, 5) is 4.98. The Balaban J connectivity index is 1.95. The molecule has 1 aromatic carbocycles. The third kappa shape index (κ3) is 6.09. The highest BCUT2D eigenvalue weighted by molar-refractivity contribution is 7.90. The largest absolute Gasteiger partial charge is 0.383 e. The molecule has 1 aliphatic heterocycles. The summed E-state index contributed by atoms with van der Waals surface area (Å²) in [5, 5.41) is 0. The maximum absolute atomic E-state index is 13.4. The van der Waals surface area contributed by atoms with Crippen molar-refractivity contribution in [2.75, 3.05) is 65.1 Å². The van der Waals surface area contributed by atoms with Gasteiger partial charge in [0.25, 0.3) is 0 Å². The molecule has 2 aromatic rings. The molecule has 0 radical (unpaired) electrons. The van der Waals surface area contributed by atoms with E-state index < -0.39 is 10.2 Å². The summed E-state index contributed by atoms with van der Waals surface area (Å²) in [7, 11) is 0.928. The molecule has 9 nitrogen and oxygen atoms in total. The average Bonchev–Trinajstić information content (AvgIpc) is 3.17. The Morgan fingerprint density at radius 3 is 2.29 bits per heavy atom. The van der Waals surface area contributed by atoms with E-state index in [9.17, 15) is 8.42 Å². The Morgan fingerprint density at radius 2 is 1.74 bits per heavy atom. The van der Waals surface area contributed by atoms with Crippen molar-refractivity contribution in [1.82, 2.24) is 13.9 Å². The van der Waals surface area contributed by atoms with Gasteiger partial charge in [0.1, 0.15) is 5.82 Å². The molecule has 0 amide bonds. The van der Waals surface area contributed by atoms with Gasteiger partial charge >= 0.3 is 10.2 Å². The Bertz CT molecular complexity index is 1030. The van der Waals surface area contributed by atoms with Gasteiger partial charge in [0, 0.05) is 59.5 Å². The number of hydrogen-bond acceptors (Lipinski definition) is 6. The van der Waals surface area contributed by atoms with Gasteiger partial charge < -0.3 is 18.8 Å². The first-order valence-corrected chi connectivity index (χ1v) is 13.3. The van der Waals surface area contributed by atoms with E-state index in [-0.39, 0.29) is 18.5 Å². The predicted octanol–water partition coefficient (Wildman–Crippen LogP) is 3.04. The van der Waals surface area contributed by atoms with Crippen LogP contribution in [0.2, 0.25) is 0 Å². The van der Waals surface area contributed by atoms with Crippen molar-refractivity contribution in [3.63, 3.8) is 0 Å². The van der Waals surface area contributed by atoms with Gasteiger partial charge in [0.05, 0.1) is 29.9 Å². The Labute approximate surface area is 204 Å². The first kappa shape index (κ1) is 26.9. The summed E-state index contributed by atoms with van der Waals surface area (Å²) in [5.41, 5.74) is 2.27. The number of ether oxygens (including phenoxy) is 3. The number of rotatable bonds is 11. The number of anilines is 1. The normalized spacial score (nSPS) is 16.0.